The molecule has 1 heterocycles. The Balaban J connectivity index is 1.69. The smallest absolute Gasteiger partial charge is 0.0999 e. The Labute approximate surface area is 158 Å². The summed E-state index contributed by atoms with van der Waals surface area (Å²) in [6.07, 6.45) is 17.2. The van der Waals surface area contributed by atoms with Gasteiger partial charge in [-0.05, 0) is 18.9 Å². The number of rotatable bonds is 13. The van der Waals surface area contributed by atoms with Gasteiger partial charge in [-0.25, -0.2) is 4.98 Å². The highest BCUT2D eigenvalue weighted by atomic mass is 32.1. The van der Waals surface area contributed by atoms with E-state index in [4.69, 9.17) is 0 Å². The SMILES string of the molecule is CCCCCCCCCCCCC(c1cccc(C)c1)c1nccs1. The van der Waals surface area contributed by atoms with Gasteiger partial charge in [0.15, 0.2) is 0 Å². The van der Waals surface area contributed by atoms with Gasteiger partial charge in [-0.15, -0.1) is 11.3 Å². The minimum atomic E-state index is 0.481. The summed E-state index contributed by atoms with van der Waals surface area (Å²) in [4.78, 5) is 4.60. The molecule has 0 spiro atoms. The van der Waals surface area contributed by atoms with Crippen LogP contribution in [0.15, 0.2) is 35.8 Å². The van der Waals surface area contributed by atoms with Crippen molar-refractivity contribution in [3.63, 3.8) is 0 Å². The predicted molar refractivity (Wildman–Crippen MR) is 112 cm³/mol. The molecule has 1 nitrogen and oxygen atoms in total. The van der Waals surface area contributed by atoms with Crippen LogP contribution < -0.4 is 0 Å². The Morgan fingerprint density at radius 2 is 1.60 bits per heavy atom. The van der Waals surface area contributed by atoms with Crippen molar-refractivity contribution in [2.45, 2.75) is 90.4 Å². The molecule has 0 aliphatic heterocycles. The number of nitrogens with zero attached hydrogens (tertiary/aromatic N) is 1. The number of unbranched alkanes of at least 4 members (excludes halogenated alkanes) is 9. The molecule has 0 radical (unpaired) electrons. The van der Waals surface area contributed by atoms with Crippen LogP contribution >= 0.6 is 11.3 Å². The zero-order chi connectivity index (χ0) is 17.7. The maximum absolute atomic E-state index is 4.60. The van der Waals surface area contributed by atoms with Crippen molar-refractivity contribution in [1.82, 2.24) is 4.98 Å². The van der Waals surface area contributed by atoms with Crippen molar-refractivity contribution in [1.29, 1.82) is 0 Å². The van der Waals surface area contributed by atoms with E-state index < -0.39 is 0 Å². The summed E-state index contributed by atoms with van der Waals surface area (Å²) in [5, 5.41) is 3.39. The molecule has 0 saturated carbocycles. The van der Waals surface area contributed by atoms with Crippen LogP contribution in [0.1, 0.15) is 99.6 Å². The fourth-order valence-corrected chi connectivity index (χ4v) is 4.36. The Morgan fingerprint density at radius 1 is 0.920 bits per heavy atom. The van der Waals surface area contributed by atoms with Crippen LogP contribution in [-0.4, -0.2) is 4.98 Å². The standard InChI is InChI=1S/C23H35NS/c1-3-4-5-6-7-8-9-10-11-12-16-22(23-24-17-18-25-23)21-15-13-14-20(2)19-21/h13-15,17-19,22H,3-12,16H2,1-2H3. The van der Waals surface area contributed by atoms with Crippen LogP contribution in [0.25, 0.3) is 0 Å². The molecule has 1 unspecified atom stereocenters. The lowest BCUT2D eigenvalue weighted by Gasteiger charge is -2.15. The van der Waals surface area contributed by atoms with E-state index >= 15 is 0 Å². The highest BCUT2D eigenvalue weighted by Gasteiger charge is 2.16. The molecule has 2 heteroatoms. The normalized spacial score (nSPS) is 12.4. The molecule has 25 heavy (non-hydrogen) atoms. The lowest BCUT2D eigenvalue weighted by Crippen LogP contribution is -2.01. The molecule has 0 amide bonds. The van der Waals surface area contributed by atoms with Crippen molar-refractivity contribution in [2.75, 3.05) is 0 Å². The zero-order valence-electron chi connectivity index (χ0n) is 16.2. The van der Waals surface area contributed by atoms with E-state index in [2.05, 4.69) is 48.5 Å². The third-order valence-corrected chi connectivity index (χ3v) is 5.93. The first-order valence-electron chi connectivity index (χ1n) is 10.3. The summed E-state index contributed by atoms with van der Waals surface area (Å²) in [6.45, 7) is 4.47. The quantitative estimate of drug-likeness (QED) is 0.332. The maximum atomic E-state index is 4.60. The van der Waals surface area contributed by atoms with Gasteiger partial charge in [-0.3, -0.25) is 0 Å². The van der Waals surface area contributed by atoms with E-state index in [1.165, 1.54) is 86.8 Å². The van der Waals surface area contributed by atoms with Crippen LogP contribution in [0.4, 0.5) is 0 Å². The summed E-state index contributed by atoms with van der Waals surface area (Å²) in [7, 11) is 0. The summed E-state index contributed by atoms with van der Waals surface area (Å²) >= 11 is 1.80. The van der Waals surface area contributed by atoms with Crippen molar-refractivity contribution in [2.24, 2.45) is 0 Å². The largest absolute Gasteiger partial charge is 0.249 e. The van der Waals surface area contributed by atoms with E-state index in [0.29, 0.717) is 5.92 Å². The van der Waals surface area contributed by atoms with E-state index in [1.54, 1.807) is 11.3 Å². The van der Waals surface area contributed by atoms with Gasteiger partial charge in [-0.2, -0.15) is 0 Å². The van der Waals surface area contributed by atoms with E-state index in [9.17, 15) is 0 Å². The molecule has 1 aromatic carbocycles. The molecule has 138 valence electrons. The van der Waals surface area contributed by atoms with Crippen LogP contribution in [-0.2, 0) is 0 Å². The second-order valence-corrected chi connectivity index (χ2v) is 8.23. The average molecular weight is 358 g/mol. The van der Waals surface area contributed by atoms with Gasteiger partial charge in [0.1, 0.15) is 0 Å². The van der Waals surface area contributed by atoms with Gasteiger partial charge in [-0.1, -0.05) is 101 Å². The summed E-state index contributed by atoms with van der Waals surface area (Å²) in [5.41, 5.74) is 2.79. The van der Waals surface area contributed by atoms with Crippen molar-refractivity contribution in [3.05, 3.63) is 52.0 Å². The number of thiazole rings is 1. The molecule has 0 aliphatic carbocycles. The second-order valence-electron chi connectivity index (χ2n) is 7.31. The topological polar surface area (TPSA) is 12.9 Å². The highest BCUT2D eigenvalue weighted by molar-refractivity contribution is 7.09. The van der Waals surface area contributed by atoms with E-state index in [0.717, 1.165) is 0 Å². The Bertz CT molecular complexity index is 561. The van der Waals surface area contributed by atoms with Gasteiger partial charge in [0.2, 0.25) is 0 Å². The number of aromatic nitrogens is 1. The fraction of sp³-hybridized carbons (Fsp3) is 0.609. The van der Waals surface area contributed by atoms with Crippen LogP contribution in [0.2, 0.25) is 0 Å². The second kappa shape index (κ2) is 12.2. The van der Waals surface area contributed by atoms with Gasteiger partial charge in [0.25, 0.3) is 0 Å². The number of benzene rings is 1. The Hall–Kier alpha value is -1.15. The molecule has 1 atom stereocenters. The van der Waals surface area contributed by atoms with Gasteiger partial charge in [0, 0.05) is 17.5 Å². The summed E-state index contributed by atoms with van der Waals surface area (Å²) in [6, 6.07) is 8.98. The van der Waals surface area contributed by atoms with Gasteiger partial charge >= 0.3 is 0 Å². The van der Waals surface area contributed by atoms with Crippen LogP contribution in [0, 0.1) is 6.92 Å². The van der Waals surface area contributed by atoms with Crippen molar-refractivity contribution >= 4 is 11.3 Å². The molecular weight excluding hydrogens is 322 g/mol. The first-order valence-corrected chi connectivity index (χ1v) is 11.1. The number of hydrogen-bond acceptors (Lipinski definition) is 2. The summed E-state index contributed by atoms with van der Waals surface area (Å²) < 4.78 is 0. The third kappa shape index (κ3) is 7.73. The minimum Gasteiger partial charge on any atom is -0.249 e. The van der Waals surface area contributed by atoms with E-state index in [1.807, 2.05) is 6.20 Å². The molecule has 2 rings (SSSR count). The van der Waals surface area contributed by atoms with Crippen molar-refractivity contribution in [3.8, 4) is 0 Å². The van der Waals surface area contributed by atoms with Crippen LogP contribution in [0.5, 0.6) is 0 Å². The molecule has 0 aliphatic rings. The lowest BCUT2D eigenvalue weighted by atomic mass is 9.92. The predicted octanol–water partition coefficient (Wildman–Crippen LogP) is 7.89. The molecule has 1 aromatic heterocycles. The number of aryl methyl sites for hydroxylation is 1. The molecule has 0 saturated heterocycles. The van der Waals surface area contributed by atoms with Crippen LogP contribution in [0.3, 0.4) is 0 Å². The zero-order valence-corrected chi connectivity index (χ0v) is 17.0. The fourth-order valence-electron chi connectivity index (χ4n) is 3.56. The van der Waals surface area contributed by atoms with Crippen molar-refractivity contribution < 1.29 is 0 Å². The Morgan fingerprint density at radius 3 is 2.20 bits per heavy atom. The molecule has 0 fully saturated rings. The minimum absolute atomic E-state index is 0.481. The van der Waals surface area contributed by atoms with Gasteiger partial charge < -0.3 is 0 Å². The highest BCUT2D eigenvalue weighted by Crippen LogP contribution is 2.31. The monoisotopic (exact) mass is 357 g/mol. The average Bonchev–Trinajstić information content (AvgIpc) is 3.14. The number of hydrogen-bond donors (Lipinski definition) is 0. The third-order valence-electron chi connectivity index (χ3n) is 5.04. The summed E-state index contributed by atoms with van der Waals surface area (Å²) in [5.74, 6) is 0.481. The molecule has 0 bridgehead atoms. The lowest BCUT2D eigenvalue weighted by molar-refractivity contribution is 0.540. The molecular formula is C23H35NS. The molecule has 0 N–H and O–H groups in total. The first kappa shape index (κ1) is 20.2. The maximum Gasteiger partial charge on any atom is 0.0999 e. The Kier molecular flexibility index (Phi) is 9.88. The van der Waals surface area contributed by atoms with E-state index in [-0.39, 0.29) is 0 Å². The first-order chi connectivity index (χ1) is 12.3. The molecule has 2 aromatic rings. The van der Waals surface area contributed by atoms with Gasteiger partial charge in [0.05, 0.1) is 5.01 Å².